The van der Waals surface area contributed by atoms with E-state index < -0.39 is 35.3 Å². The molecule has 2 aliphatic rings. The number of ether oxygens (including phenoxy) is 1. The summed E-state index contributed by atoms with van der Waals surface area (Å²) in [5.41, 5.74) is 1.78. The number of hydrogen-bond donors (Lipinski definition) is 0. The quantitative estimate of drug-likeness (QED) is 0.346. The molecule has 2 heterocycles. The van der Waals surface area contributed by atoms with Crippen molar-refractivity contribution in [3.63, 3.8) is 0 Å². The highest BCUT2D eigenvalue weighted by atomic mass is 32.1. The van der Waals surface area contributed by atoms with Gasteiger partial charge in [0.2, 0.25) is 5.91 Å². The van der Waals surface area contributed by atoms with E-state index in [1.54, 1.807) is 30.0 Å². The van der Waals surface area contributed by atoms with E-state index in [9.17, 15) is 18.8 Å². The van der Waals surface area contributed by atoms with E-state index in [2.05, 4.69) is 0 Å². The Kier molecular flexibility index (Phi) is 6.34. The molecule has 178 valence electrons. The number of benzene rings is 2. The molecule has 0 fully saturated rings. The maximum absolute atomic E-state index is 14.9. The Morgan fingerprint density at radius 3 is 2.46 bits per heavy atom. The predicted octanol–water partition coefficient (Wildman–Crippen LogP) is 5.60. The molecule has 0 radical (unpaired) electrons. The van der Waals surface area contributed by atoms with Gasteiger partial charge in [0.25, 0.3) is 0 Å². The molecule has 0 N–H and O–H groups in total. The van der Waals surface area contributed by atoms with E-state index in [0.717, 1.165) is 4.88 Å². The van der Waals surface area contributed by atoms with Crippen LogP contribution in [-0.2, 0) is 19.1 Å². The van der Waals surface area contributed by atoms with Crippen molar-refractivity contribution in [2.75, 3.05) is 11.5 Å². The van der Waals surface area contributed by atoms with Crippen molar-refractivity contribution in [2.24, 2.45) is 5.92 Å². The summed E-state index contributed by atoms with van der Waals surface area (Å²) in [6.07, 6.45) is 0.219. The molecule has 1 aliphatic heterocycles. The Labute approximate surface area is 206 Å². The van der Waals surface area contributed by atoms with E-state index in [0.29, 0.717) is 17.0 Å². The van der Waals surface area contributed by atoms with Crippen LogP contribution in [0.2, 0.25) is 0 Å². The lowest BCUT2D eigenvalue weighted by Crippen LogP contribution is -2.46. The third-order valence-corrected chi connectivity index (χ3v) is 7.67. The largest absolute Gasteiger partial charge is 0.465 e. The van der Waals surface area contributed by atoms with Crippen molar-refractivity contribution in [1.29, 1.82) is 0 Å². The fraction of sp³-hybridized carbons (Fsp3) is 0.250. The summed E-state index contributed by atoms with van der Waals surface area (Å²) in [7, 11) is 0. The Hall–Kier alpha value is -3.58. The number of nitrogens with zero attached hydrogens (tertiary/aromatic N) is 1. The molecule has 3 aromatic rings. The standard InChI is InChI=1S/C28H24FNO4S/c1-2-34-28(33)26-20(23-13-8-14-35-23)15-22-25(27(26)32)19(18-11-6-7-12-21(18)29)16-24(31)30(22)17-9-4-3-5-10-17/h3-14,19-20,26H,2,15-16H2,1H3/t19-,20+,26-/m0/s1. The van der Waals surface area contributed by atoms with Gasteiger partial charge in [-0.3, -0.25) is 19.3 Å². The van der Waals surface area contributed by atoms with Crippen LogP contribution < -0.4 is 4.90 Å². The number of ketones is 1. The molecular formula is C28H24FNO4S. The SMILES string of the molecule is CCOC(=O)[C@@H]1C(=O)C2=C(C[C@@H]1c1cccs1)N(c1ccccc1)C(=O)C[C@H]2c1ccccc1F. The lowest BCUT2D eigenvalue weighted by atomic mass is 9.69. The first-order valence-electron chi connectivity index (χ1n) is 11.6. The Morgan fingerprint density at radius 1 is 1.03 bits per heavy atom. The first-order chi connectivity index (χ1) is 17.0. The lowest BCUT2D eigenvalue weighted by Gasteiger charge is -2.42. The van der Waals surface area contributed by atoms with Crippen LogP contribution in [-0.4, -0.2) is 24.3 Å². The van der Waals surface area contributed by atoms with Crippen LogP contribution in [0.3, 0.4) is 0 Å². The molecule has 0 bridgehead atoms. The van der Waals surface area contributed by atoms with Crippen molar-refractivity contribution in [3.05, 3.63) is 99.6 Å². The Morgan fingerprint density at radius 2 is 1.77 bits per heavy atom. The summed E-state index contributed by atoms with van der Waals surface area (Å²) < 4.78 is 20.3. The molecule has 7 heteroatoms. The average Bonchev–Trinajstić information content (AvgIpc) is 3.39. The number of allylic oxidation sites excluding steroid dienone is 2. The van der Waals surface area contributed by atoms with Crippen LogP contribution in [0.15, 0.2) is 83.4 Å². The van der Waals surface area contributed by atoms with Gasteiger partial charge in [-0.05, 0) is 48.6 Å². The van der Waals surface area contributed by atoms with Gasteiger partial charge in [0.15, 0.2) is 5.78 Å². The first kappa shape index (κ1) is 23.2. The normalized spacial score (nSPS) is 22.2. The van der Waals surface area contributed by atoms with Crippen molar-refractivity contribution in [2.45, 2.75) is 31.6 Å². The number of Topliss-reactive ketones (excluding diaryl/α,β-unsaturated/α-hetero) is 1. The molecule has 35 heavy (non-hydrogen) atoms. The van der Waals surface area contributed by atoms with Crippen LogP contribution in [0.5, 0.6) is 0 Å². The molecule has 3 atom stereocenters. The number of amides is 1. The number of rotatable bonds is 5. The summed E-state index contributed by atoms with van der Waals surface area (Å²) in [5, 5.41) is 1.90. The Bertz CT molecular complexity index is 1300. The molecule has 5 rings (SSSR count). The molecule has 2 aromatic carbocycles. The second kappa shape index (κ2) is 9.58. The molecule has 5 nitrogen and oxygen atoms in total. The summed E-state index contributed by atoms with van der Waals surface area (Å²) >= 11 is 1.46. The highest BCUT2D eigenvalue weighted by Crippen LogP contribution is 2.50. The van der Waals surface area contributed by atoms with E-state index in [4.69, 9.17) is 4.74 Å². The summed E-state index contributed by atoms with van der Waals surface area (Å²) in [4.78, 5) is 43.2. The zero-order chi connectivity index (χ0) is 24.5. The van der Waals surface area contributed by atoms with Crippen LogP contribution in [0, 0.1) is 11.7 Å². The maximum atomic E-state index is 14.9. The fourth-order valence-corrected chi connectivity index (χ4v) is 6.07. The van der Waals surface area contributed by atoms with Gasteiger partial charge in [0, 0.05) is 40.1 Å². The van der Waals surface area contributed by atoms with Gasteiger partial charge in [0.1, 0.15) is 11.7 Å². The van der Waals surface area contributed by atoms with Crippen LogP contribution in [0.4, 0.5) is 10.1 Å². The average molecular weight is 490 g/mol. The summed E-state index contributed by atoms with van der Waals surface area (Å²) in [6, 6.07) is 19.1. The Balaban J connectivity index is 1.73. The van der Waals surface area contributed by atoms with Crippen LogP contribution in [0.25, 0.3) is 0 Å². The van der Waals surface area contributed by atoms with Gasteiger partial charge in [-0.15, -0.1) is 11.3 Å². The maximum Gasteiger partial charge on any atom is 0.317 e. The third kappa shape index (κ3) is 4.10. The molecule has 0 unspecified atom stereocenters. The molecule has 0 saturated carbocycles. The predicted molar refractivity (Wildman–Crippen MR) is 132 cm³/mol. The molecule has 1 aromatic heterocycles. The lowest BCUT2D eigenvalue weighted by molar-refractivity contribution is -0.152. The molecular weight excluding hydrogens is 465 g/mol. The molecule has 1 amide bonds. The number of halogens is 1. The number of thiophene rings is 1. The highest BCUT2D eigenvalue weighted by molar-refractivity contribution is 7.10. The summed E-state index contributed by atoms with van der Waals surface area (Å²) in [6.45, 7) is 1.85. The zero-order valence-electron chi connectivity index (χ0n) is 19.1. The van der Waals surface area contributed by atoms with Crippen LogP contribution >= 0.6 is 11.3 Å². The minimum absolute atomic E-state index is 0.0698. The second-order valence-electron chi connectivity index (χ2n) is 8.62. The number of esters is 1. The first-order valence-corrected chi connectivity index (χ1v) is 12.5. The molecule has 0 spiro atoms. The number of para-hydroxylation sites is 1. The van der Waals surface area contributed by atoms with Gasteiger partial charge in [-0.2, -0.15) is 0 Å². The monoisotopic (exact) mass is 489 g/mol. The zero-order valence-corrected chi connectivity index (χ0v) is 20.0. The molecule has 1 aliphatic carbocycles. The van der Waals surface area contributed by atoms with E-state index in [1.165, 1.54) is 17.4 Å². The summed E-state index contributed by atoms with van der Waals surface area (Å²) in [5.74, 6) is -3.97. The van der Waals surface area contributed by atoms with Crippen LogP contribution in [0.1, 0.15) is 42.0 Å². The minimum Gasteiger partial charge on any atom is -0.465 e. The van der Waals surface area contributed by atoms with Gasteiger partial charge < -0.3 is 4.74 Å². The fourth-order valence-electron chi connectivity index (χ4n) is 5.20. The highest BCUT2D eigenvalue weighted by Gasteiger charge is 2.50. The number of anilines is 1. The van der Waals surface area contributed by atoms with E-state index >= 15 is 0 Å². The van der Waals surface area contributed by atoms with E-state index in [-0.39, 0.29) is 30.9 Å². The minimum atomic E-state index is -1.05. The van der Waals surface area contributed by atoms with Gasteiger partial charge in [-0.25, -0.2) is 4.39 Å². The topological polar surface area (TPSA) is 63.7 Å². The van der Waals surface area contributed by atoms with Crippen molar-refractivity contribution in [1.82, 2.24) is 0 Å². The molecule has 0 saturated heterocycles. The van der Waals surface area contributed by atoms with Crippen molar-refractivity contribution in [3.8, 4) is 0 Å². The van der Waals surface area contributed by atoms with Crippen molar-refractivity contribution >= 4 is 34.7 Å². The van der Waals surface area contributed by atoms with Crippen molar-refractivity contribution < 1.29 is 23.5 Å². The second-order valence-corrected chi connectivity index (χ2v) is 9.60. The number of hydrogen-bond acceptors (Lipinski definition) is 5. The smallest absolute Gasteiger partial charge is 0.317 e. The van der Waals surface area contributed by atoms with Gasteiger partial charge in [0.05, 0.1) is 6.61 Å². The third-order valence-electron chi connectivity index (χ3n) is 6.67. The number of carbonyl (C=O) groups is 3. The number of carbonyl (C=O) groups excluding carboxylic acids is 3. The van der Waals surface area contributed by atoms with Gasteiger partial charge in [-0.1, -0.05) is 42.5 Å². The van der Waals surface area contributed by atoms with E-state index in [1.807, 2.05) is 47.8 Å². The van der Waals surface area contributed by atoms with Gasteiger partial charge >= 0.3 is 5.97 Å².